The molecule has 1 N–H and O–H groups in total. The van der Waals surface area contributed by atoms with Gasteiger partial charge in [0.15, 0.2) is 0 Å². The molecule has 0 aromatic heterocycles. The van der Waals surface area contributed by atoms with E-state index in [0.717, 1.165) is 0 Å². The van der Waals surface area contributed by atoms with Gasteiger partial charge in [-0.15, -0.1) is 0 Å². The van der Waals surface area contributed by atoms with Crippen LogP contribution in [0.3, 0.4) is 0 Å². The topological polar surface area (TPSA) is 29.5 Å². The van der Waals surface area contributed by atoms with Crippen LogP contribution in [0.1, 0.15) is 11.3 Å². The van der Waals surface area contributed by atoms with Gasteiger partial charge >= 0.3 is 0 Å². The third kappa shape index (κ3) is 3.78. The Balaban J connectivity index is 2.82. The van der Waals surface area contributed by atoms with Crippen molar-refractivity contribution in [2.24, 2.45) is 0 Å². The van der Waals surface area contributed by atoms with Gasteiger partial charge in [-0.1, -0.05) is 50.0 Å². The van der Waals surface area contributed by atoms with E-state index in [-0.39, 0.29) is 12.3 Å². The monoisotopic (exact) mass is 224 g/mol. The number of aliphatic hydroxyl groups is 1. The molecule has 3 heteroatoms. The highest BCUT2D eigenvalue weighted by Gasteiger charge is 2.28. The predicted molar refractivity (Wildman–Crippen MR) is 65.6 cm³/mol. The molecule has 0 amide bonds. The van der Waals surface area contributed by atoms with E-state index in [4.69, 9.17) is 9.84 Å². The van der Waals surface area contributed by atoms with Gasteiger partial charge in [0.05, 0.1) is 27.0 Å². The first-order valence-electron chi connectivity index (χ1n) is 5.33. The zero-order valence-corrected chi connectivity index (χ0v) is 10.7. The van der Waals surface area contributed by atoms with Crippen LogP contribution in [-0.2, 0) is 4.74 Å². The average molecular weight is 224 g/mol. The van der Waals surface area contributed by atoms with E-state index < -0.39 is 8.07 Å². The molecule has 0 saturated heterocycles. The van der Waals surface area contributed by atoms with Crippen molar-refractivity contribution in [3.8, 4) is 0 Å². The summed E-state index contributed by atoms with van der Waals surface area (Å²) in [6, 6.07) is 10.3. The van der Waals surface area contributed by atoms with Crippen molar-refractivity contribution >= 4 is 8.07 Å². The van der Waals surface area contributed by atoms with Crippen LogP contribution >= 0.6 is 0 Å². The highest BCUT2D eigenvalue weighted by molar-refractivity contribution is 6.77. The van der Waals surface area contributed by atoms with E-state index in [0.29, 0.717) is 6.61 Å². The fraction of sp³-hybridized carbons (Fsp3) is 0.500. The van der Waals surface area contributed by atoms with Gasteiger partial charge in [-0.25, -0.2) is 0 Å². The van der Waals surface area contributed by atoms with Gasteiger partial charge in [-0.3, -0.25) is 0 Å². The molecule has 1 rings (SSSR count). The normalized spacial score (nSPS) is 13.9. The maximum absolute atomic E-state index is 8.82. The molecular formula is C12H20O2Si. The van der Waals surface area contributed by atoms with Gasteiger partial charge in [0, 0.05) is 0 Å². The van der Waals surface area contributed by atoms with Crippen molar-refractivity contribution < 1.29 is 9.84 Å². The third-order valence-corrected chi connectivity index (χ3v) is 4.34. The van der Waals surface area contributed by atoms with Crippen molar-refractivity contribution in [1.82, 2.24) is 0 Å². The fourth-order valence-electron chi connectivity index (χ4n) is 1.64. The Hall–Kier alpha value is -0.643. The summed E-state index contributed by atoms with van der Waals surface area (Å²) in [7, 11) is -1.40. The summed E-state index contributed by atoms with van der Waals surface area (Å²) >= 11 is 0. The maximum atomic E-state index is 8.82. The minimum absolute atomic E-state index is 0.0911. The summed E-state index contributed by atoms with van der Waals surface area (Å²) in [5.41, 5.74) is 1.40. The predicted octanol–water partition coefficient (Wildman–Crippen LogP) is 2.61. The van der Waals surface area contributed by atoms with Crippen LogP contribution in [0.25, 0.3) is 0 Å². The Kier molecular flexibility index (Phi) is 4.51. The number of rotatable bonds is 5. The summed E-state index contributed by atoms with van der Waals surface area (Å²) in [6.45, 7) is 7.35. The Labute approximate surface area is 92.9 Å². The Morgan fingerprint density at radius 3 is 2.27 bits per heavy atom. The smallest absolute Gasteiger partial charge is 0.0842 e. The molecule has 0 saturated carbocycles. The van der Waals surface area contributed by atoms with Gasteiger partial charge in [0.1, 0.15) is 0 Å². The quantitative estimate of drug-likeness (QED) is 0.779. The molecule has 15 heavy (non-hydrogen) atoms. The molecule has 0 spiro atoms. The van der Waals surface area contributed by atoms with Crippen LogP contribution in [0.5, 0.6) is 0 Å². The van der Waals surface area contributed by atoms with Crippen LogP contribution in [0.4, 0.5) is 0 Å². The molecule has 0 radical (unpaired) electrons. The lowest BCUT2D eigenvalue weighted by molar-refractivity contribution is 0.0658. The minimum Gasteiger partial charge on any atom is -0.394 e. The Bertz CT molecular complexity index is 279. The van der Waals surface area contributed by atoms with Crippen LogP contribution in [0.15, 0.2) is 30.3 Å². The zero-order chi connectivity index (χ0) is 11.3. The molecule has 0 fully saturated rings. The number of hydrogen-bond acceptors (Lipinski definition) is 2. The molecule has 2 nitrogen and oxygen atoms in total. The molecule has 1 aromatic carbocycles. The summed E-state index contributed by atoms with van der Waals surface area (Å²) < 4.78 is 5.75. The van der Waals surface area contributed by atoms with Gasteiger partial charge < -0.3 is 9.84 Å². The number of ether oxygens (including phenoxy) is 1. The minimum atomic E-state index is -1.40. The molecule has 0 bridgehead atoms. The largest absolute Gasteiger partial charge is 0.394 e. The molecule has 84 valence electrons. The number of hydrogen-bond donors (Lipinski definition) is 1. The van der Waals surface area contributed by atoms with Crippen LogP contribution in [0, 0.1) is 0 Å². The second-order valence-corrected chi connectivity index (χ2v) is 10.0. The lowest BCUT2D eigenvalue weighted by atomic mass is 10.2. The molecule has 1 unspecified atom stereocenters. The lowest BCUT2D eigenvalue weighted by Gasteiger charge is -2.29. The van der Waals surface area contributed by atoms with E-state index in [1.165, 1.54) is 5.56 Å². The second-order valence-electron chi connectivity index (χ2n) is 4.75. The number of benzene rings is 1. The SMILES string of the molecule is C[Si](C)(C)C(OCCO)c1ccccc1. The van der Waals surface area contributed by atoms with Crippen LogP contribution in [-0.4, -0.2) is 26.4 Å². The highest BCUT2D eigenvalue weighted by Crippen LogP contribution is 2.27. The van der Waals surface area contributed by atoms with E-state index in [9.17, 15) is 0 Å². The first-order valence-corrected chi connectivity index (χ1v) is 8.91. The molecule has 1 atom stereocenters. The fourth-order valence-corrected chi connectivity index (χ4v) is 3.45. The summed E-state index contributed by atoms with van der Waals surface area (Å²) in [5.74, 6) is 0. The molecule has 1 aromatic rings. The van der Waals surface area contributed by atoms with Gasteiger partial charge in [-0.2, -0.15) is 0 Å². The molecule has 0 aliphatic carbocycles. The summed E-state index contributed by atoms with van der Waals surface area (Å²) in [5, 5.41) is 8.82. The molecule has 0 aliphatic rings. The summed E-state index contributed by atoms with van der Waals surface area (Å²) in [6.07, 6.45) is 0. The van der Waals surface area contributed by atoms with E-state index in [1.807, 2.05) is 18.2 Å². The zero-order valence-electron chi connectivity index (χ0n) is 9.73. The van der Waals surface area contributed by atoms with Crippen molar-refractivity contribution in [2.45, 2.75) is 25.4 Å². The van der Waals surface area contributed by atoms with E-state index in [2.05, 4.69) is 31.8 Å². The lowest BCUT2D eigenvalue weighted by Crippen LogP contribution is -2.33. The first kappa shape index (κ1) is 12.4. The molecule has 0 heterocycles. The first-order chi connectivity index (χ1) is 7.05. The molecule has 0 aliphatic heterocycles. The van der Waals surface area contributed by atoms with Crippen molar-refractivity contribution in [3.05, 3.63) is 35.9 Å². The molecular weight excluding hydrogens is 204 g/mol. The third-order valence-electron chi connectivity index (χ3n) is 2.26. The second kappa shape index (κ2) is 5.44. The number of aliphatic hydroxyl groups excluding tert-OH is 1. The van der Waals surface area contributed by atoms with Gasteiger partial charge in [0.25, 0.3) is 0 Å². The van der Waals surface area contributed by atoms with Crippen molar-refractivity contribution in [3.63, 3.8) is 0 Å². The van der Waals surface area contributed by atoms with Crippen molar-refractivity contribution in [1.29, 1.82) is 0 Å². The van der Waals surface area contributed by atoms with E-state index >= 15 is 0 Å². The van der Waals surface area contributed by atoms with Gasteiger partial charge in [0.2, 0.25) is 0 Å². The van der Waals surface area contributed by atoms with Crippen LogP contribution < -0.4 is 0 Å². The van der Waals surface area contributed by atoms with Crippen molar-refractivity contribution in [2.75, 3.05) is 13.2 Å². The average Bonchev–Trinajstić information content (AvgIpc) is 2.18. The standard InChI is InChI=1S/C12H20O2Si/c1-15(2,3)12(14-10-9-13)11-7-5-4-6-8-11/h4-8,12-13H,9-10H2,1-3H3. The highest BCUT2D eigenvalue weighted by atomic mass is 28.3. The Morgan fingerprint density at radius 1 is 1.20 bits per heavy atom. The maximum Gasteiger partial charge on any atom is 0.0842 e. The summed E-state index contributed by atoms with van der Waals surface area (Å²) in [4.78, 5) is 0. The Morgan fingerprint density at radius 2 is 1.80 bits per heavy atom. The van der Waals surface area contributed by atoms with E-state index in [1.54, 1.807) is 0 Å². The van der Waals surface area contributed by atoms with Crippen LogP contribution in [0.2, 0.25) is 19.6 Å². The van der Waals surface area contributed by atoms with Gasteiger partial charge in [-0.05, 0) is 5.56 Å².